The SMILES string of the molecule is CN/C(C)=C\C=C(/C)CN1CCNCC1. The van der Waals surface area contributed by atoms with Gasteiger partial charge in [-0.25, -0.2) is 0 Å². The fourth-order valence-corrected chi connectivity index (χ4v) is 1.63. The molecule has 0 radical (unpaired) electrons. The van der Waals surface area contributed by atoms with E-state index in [1.54, 1.807) is 0 Å². The second kappa shape index (κ2) is 6.64. The molecule has 1 heterocycles. The van der Waals surface area contributed by atoms with E-state index < -0.39 is 0 Å². The monoisotopic (exact) mass is 209 g/mol. The van der Waals surface area contributed by atoms with Crippen molar-refractivity contribution in [2.24, 2.45) is 0 Å². The summed E-state index contributed by atoms with van der Waals surface area (Å²) in [7, 11) is 1.95. The van der Waals surface area contributed by atoms with Gasteiger partial charge in [0.15, 0.2) is 0 Å². The van der Waals surface area contributed by atoms with Crippen molar-refractivity contribution in [3.05, 3.63) is 23.4 Å². The highest BCUT2D eigenvalue weighted by molar-refractivity contribution is 5.15. The maximum Gasteiger partial charge on any atom is 0.0194 e. The van der Waals surface area contributed by atoms with Crippen LogP contribution in [0.25, 0.3) is 0 Å². The molecule has 1 rings (SSSR count). The minimum atomic E-state index is 1.09. The molecular weight excluding hydrogens is 186 g/mol. The predicted octanol–water partition coefficient (Wildman–Crippen LogP) is 0.961. The molecule has 86 valence electrons. The number of piperazine rings is 1. The first-order valence-corrected chi connectivity index (χ1v) is 5.67. The van der Waals surface area contributed by atoms with Gasteiger partial charge in [0.1, 0.15) is 0 Å². The summed E-state index contributed by atoms with van der Waals surface area (Å²) < 4.78 is 0. The summed E-state index contributed by atoms with van der Waals surface area (Å²) >= 11 is 0. The van der Waals surface area contributed by atoms with E-state index in [2.05, 4.69) is 41.5 Å². The predicted molar refractivity (Wildman–Crippen MR) is 65.9 cm³/mol. The highest BCUT2D eigenvalue weighted by atomic mass is 15.2. The highest BCUT2D eigenvalue weighted by Crippen LogP contribution is 2.01. The van der Waals surface area contributed by atoms with Gasteiger partial charge >= 0.3 is 0 Å². The molecule has 0 unspecified atom stereocenters. The molecule has 0 saturated carbocycles. The van der Waals surface area contributed by atoms with Crippen LogP contribution in [0, 0.1) is 0 Å². The third-order valence-electron chi connectivity index (χ3n) is 2.69. The summed E-state index contributed by atoms with van der Waals surface area (Å²) in [6.07, 6.45) is 4.34. The van der Waals surface area contributed by atoms with Crippen LogP contribution >= 0.6 is 0 Å². The van der Waals surface area contributed by atoms with Gasteiger partial charge in [-0.15, -0.1) is 0 Å². The zero-order valence-electron chi connectivity index (χ0n) is 10.1. The first kappa shape index (κ1) is 12.3. The Labute approximate surface area is 93.2 Å². The second-order valence-electron chi connectivity index (χ2n) is 4.14. The second-order valence-corrected chi connectivity index (χ2v) is 4.14. The van der Waals surface area contributed by atoms with E-state index in [9.17, 15) is 0 Å². The largest absolute Gasteiger partial charge is 0.392 e. The van der Waals surface area contributed by atoms with E-state index in [4.69, 9.17) is 0 Å². The van der Waals surface area contributed by atoms with Crippen molar-refractivity contribution in [1.82, 2.24) is 15.5 Å². The van der Waals surface area contributed by atoms with Gasteiger partial charge < -0.3 is 10.6 Å². The van der Waals surface area contributed by atoms with Gasteiger partial charge in [0.25, 0.3) is 0 Å². The quantitative estimate of drug-likeness (QED) is 0.675. The van der Waals surface area contributed by atoms with Crippen molar-refractivity contribution < 1.29 is 0 Å². The summed E-state index contributed by atoms with van der Waals surface area (Å²) in [4.78, 5) is 2.49. The van der Waals surface area contributed by atoms with Crippen LogP contribution in [0.3, 0.4) is 0 Å². The first-order chi connectivity index (χ1) is 7.22. The van der Waals surface area contributed by atoms with E-state index >= 15 is 0 Å². The highest BCUT2D eigenvalue weighted by Gasteiger charge is 2.08. The molecule has 0 bridgehead atoms. The molecule has 0 aromatic rings. The Morgan fingerprint density at radius 3 is 2.53 bits per heavy atom. The lowest BCUT2D eigenvalue weighted by molar-refractivity contribution is 0.259. The van der Waals surface area contributed by atoms with Crippen LogP contribution in [-0.2, 0) is 0 Å². The Bertz CT molecular complexity index is 237. The van der Waals surface area contributed by atoms with Crippen molar-refractivity contribution in [2.45, 2.75) is 13.8 Å². The summed E-state index contributed by atoms with van der Waals surface area (Å²) in [6.45, 7) is 9.95. The third kappa shape index (κ3) is 5.00. The fraction of sp³-hybridized carbons (Fsp3) is 0.667. The van der Waals surface area contributed by atoms with Crippen molar-refractivity contribution in [3.8, 4) is 0 Å². The van der Waals surface area contributed by atoms with Gasteiger partial charge in [0, 0.05) is 45.5 Å². The molecule has 15 heavy (non-hydrogen) atoms. The number of hydrogen-bond acceptors (Lipinski definition) is 3. The lowest BCUT2D eigenvalue weighted by atomic mass is 10.2. The van der Waals surface area contributed by atoms with Gasteiger partial charge in [-0.1, -0.05) is 11.6 Å². The van der Waals surface area contributed by atoms with Gasteiger partial charge in [-0.2, -0.15) is 0 Å². The minimum Gasteiger partial charge on any atom is -0.392 e. The molecule has 1 aliphatic heterocycles. The molecule has 0 spiro atoms. The Balaban J connectivity index is 2.36. The summed E-state index contributed by atoms with van der Waals surface area (Å²) in [5, 5.41) is 6.48. The van der Waals surface area contributed by atoms with E-state index in [1.165, 1.54) is 24.4 Å². The van der Waals surface area contributed by atoms with Gasteiger partial charge in [-0.3, -0.25) is 4.90 Å². The van der Waals surface area contributed by atoms with Crippen molar-refractivity contribution >= 4 is 0 Å². The maximum absolute atomic E-state index is 3.36. The minimum absolute atomic E-state index is 1.09. The third-order valence-corrected chi connectivity index (χ3v) is 2.69. The normalized spacial score (nSPS) is 20.5. The summed E-state index contributed by atoms with van der Waals surface area (Å²) in [6, 6.07) is 0. The van der Waals surface area contributed by atoms with Crippen LogP contribution in [0.1, 0.15) is 13.8 Å². The van der Waals surface area contributed by atoms with Crippen LogP contribution in [0.2, 0.25) is 0 Å². The molecule has 2 N–H and O–H groups in total. The molecule has 0 aromatic heterocycles. The van der Waals surface area contributed by atoms with E-state index in [0.717, 1.165) is 19.6 Å². The van der Waals surface area contributed by atoms with Crippen molar-refractivity contribution in [2.75, 3.05) is 39.8 Å². The number of nitrogens with one attached hydrogen (secondary N) is 2. The molecule has 0 atom stereocenters. The Hall–Kier alpha value is -0.800. The molecule has 0 aliphatic carbocycles. The number of rotatable bonds is 4. The molecular formula is C12H23N3. The number of nitrogens with zero attached hydrogens (tertiary/aromatic N) is 1. The van der Waals surface area contributed by atoms with Crippen LogP contribution < -0.4 is 10.6 Å². The molecule has 1 fully saturated rings. The average molecular weight is 209 g/mol. The van der Waals surface area contributed by atoms with Gasteiger partial charge in [0.2, 0.25) is 0 Å². The fourth-order valence-electron chi connectivity index (χ4n) is 1.63. The summed E-state index contributed by atoms with van der Waals surface area (Å²) in [5.41, 5.74) is 2.63. The maximum atomic E-state index is 3.36. The zero-order chi connectivity index (χ0) is 11.1. The topological polar surface area (TPSA) is 27.3 Å². The van der Waals surface area contributed by atoms with Crippen LogP contribution in [-0.4, -0.2) is 44.7 Å². The van der Waals surface area contributed by atoms with E-state index in [1.807, 2.05) is 7.05 Å². The summed E-state index contributed by atoms with van der Waals surface area (Å²) in [5.74, 6) is 0. The molecule has 3 heteroatoms. The zero-order valence-corrected chi connectivity index (χ0v) is 10.1. The molecule has 1 saturated heterocycles. The van der Waals surface area contributed by atoms with Crippen LogP contribution in [0.15, 0.2) is 23.4 Å². The van der Waals surface area contributed by atoms with Crippen molar-refractivity contribution in [3.63, 3.8) is 0 Å². The molecule has 0 aromatic carbocycles. The van der Waals surface area contributed by atoms with Gasteiger partial charge in [-0.05, 0) is 19.9 Å². The number of allylic oxidation sites excluding steroid dienone is 3. The van der Waals surface area contributed by atoms with Crippen LogP contribution in [0.5, 0.6) is 0 Å². The Morgan fingerprint density at radius 2 is 1.93 bits per heavy atom. The Kier molecular flexibility index (Phi) is 5.43. The van der Waals surface area contributed by atoms with E-state index in [0.29, 0.717) is 0 Å². The molecule has 3 nitrogen and oxygen atoms in total. The van der Waals surface area contributed by atoms with Gasteiger partial charge in [0.05, 0.1) is 0 Å². The lowest BCUT2D eigenvalue weighted by Gasteiger charge is -2.27. The molecule has 0 amide bonds. The number of hydrogen-bond donors (Lipinski definition) is 2. The lowest BCUT2D eigenvalue weighted by Crippen LogP contribution is -2.43. The smallest absolute Gasteiger partial charge is 0.0194 e. The average Bonchev–Trinajstić information content (AvgIpc) is 2.27. The van der Waals surface area contributed by atoms with E-state index in [-0.39, 0.29) is 0 Å². The standard InChI is InChI=1S/C12H23N3/c1-11(4-5-12(2)13-3)10-15-8-6-14-7-9-15/h4-5,13-14H,6-10H2,1-3H3/b11-4+,12-5-. The molecule has 1 aliphatic rings. The van der Waals surface area contributed by atoms with Crippen LogP contribution in [0.4, 0.5) is 0 Å². The first-order valence-electron chi connectivity index (χ1n) is 5.67. The Morgan fingerprint density at radius 1 is 1.27 bits per heavy atom. The van der Waals surface area contributed by atoms with Crippen molar-refractivity contribution in [1.29, 1.82) is 0 Å².